The van der Waals surface area contributed by atoms with Crippen molar-refractivity contribution < 1.29 is 27.8 Å². The molecule has 3 N–H and O–H groups in total. The molecular formula is C10H11ClFNO5S. The summed E-state index contributed by atoms with van der Waals surface area (Å²) in [6.45, 7) is -0.317. The zero-order valence-corrected chi connectivity index (χ0v) is 11.1. The minimum absolute atomic E-state index is 0.160. The highest BCUT2D eigenvalue weighted by atomic mass is 35.5. The Balaban J connectivity index is 2.76. The Morgan fingerprint density at radius 2 is 2.11 bits per heavy atom. The summed E-state index contributed by atoms with van der Waals surface area (Å²) in [4.78, 5) is 9.88. The number of aliphatic carboxylic acids is 1. The van der Waals surface area contributed by atoms with Crippen LogP contribution in [0.4, 0.5) is 4.39 Å². The van der Waals surface area contributed by atoms with Gasteiger partial charge in [0.15, 0.2) is 6.10 Å². The third-order valence-electron chi connectivity index (χ3n) is 2.18. The van der Waals surface area contributed by atoms with E-state index < -0.39 is 32.8 Å². The number of carboxylic acid groups (broad SMARTS) is 1. The maximum absolute atomic E-state index is 13.0. The second kappa shape index (κ2) is 6.29. The lowest BCUT2D eigenvalue weighted by Crippen LogP contribution is -2.30. The maximum Gasteiger partial charge on any atom is 0.332 e. The minimum Gasteiger partial charge on any atom is -0.479 e. The van der Waals surface area contributed by atoms with Crippen LogP contribution in [0.1, 0.15) is 6.42 Å². The number of aliphatic hydroxyl groups excluding tert-OH is 1. The number of carbonyl (C=O) groups is 1. The summed E-state index contributed by atoms with van der Waals surface area (Å²) in [6.07, 6.45) is -1.99. The Kier molecular flexibility index (Phi) is 5.24. The fourth-order valence-corrected chi connectivity index (χ4v) is 2.77. The van der Waals surface area contributed by atoms with E-state index in [0.717, 1.165) is 18.2 Å². The lowest BCUT2D eigenvalue weighted by atomic mass is 10.3. The highest BCUT2D eigenvalue weighted by molar-refractivity contribution is 7.89. The summed E-state index contributed by atoms with van der Waals surface area (Å²) in [5, 5.41) is 17.2. The summed E-state index contributed by atoms with van der Waals surface area (Å²) in [7, 11) is -4.06. The largest absolute Gasteiger partial charge is 0.479 e. The van der Waals surface area contributed by atoms with Crippen LogP contribution < -0.4 is 4.72 Å². The van der Waals surface area contributed by atoms with Crippen LogP contribution in [-0.2, 0) is 14.8 Å². The summed E-state index contributed by atoms with van der Waals surface area (Å²) < 4.78 is 38.5. The molecule has 0 amide bonds. The van der Waals surface area contributed by atoms with Crippen LogP contribution in [0, 0.1) is 5.82 Å². The molecule has 0 saturated heterocycles. The van der Waals surface area contributed by atoms with Gasteiger partial charge in [-0.1, -0.05) is 11.6 Å². The number of carboxylic acids is 1. The number of nitrogens with one attached hydrogen (secondary N) is 1. The molecule has 0 aromatic heterocycles. The first-order valence-corrected chi connectivity index (χ1v) is 6.96. The zero-order valence-electron chi connectivity index (χ0n) is 9.51. The van der Waals surface area contributed by atoms with Crippen LogP contribution in [0.3, 0.4) is 0 Å². The quantitative estimate of drug-likeness (QED) is 0.713. The van der Waals surface area contributed by atoms with Gasteiger partial charge in [-0.15, -0.1) is 0 Å². The Morgan fingerprint density at radius 1 is 1.47 bits per heavy atom. The number of halogens is 2. The molecular weight excluding hydrogens is 301 g/mol. The molecule has 106 valence electrons. The molecule has 0 spiro atoms. The molecule has 0 aliphatic rings. The number of aliphatic hydroxyl groups is 1. The second-order valence-electron chi connectivity index (χ2n) is 3.62. The molecule has 6 nitrogen and oxygen atoms in total. The predicted octanol–water partition coefficient (Wildman–Crippen LogP) is 0.593. The second-order valence-corrected chi connectivity index (χ2v) is 5.76. The van der Waals surface area contributed by atoms with E-state index in [0.29, 0.717) is 0 Å². The molecule has 0 fully saturated rings. The highest BCUT2D eigenvalue weighted by Gasteiger charge is 2.20. The van der Waals surface area contributed by atoms with Crippen molar-refractivity contribution in [1.82, 2.24) is 4.72 Å². The average Bonchev–Trinajstić information content (AvgIpc) is 2.31. The van der Waals surface area contributed by atoms with Crippen molar-refractivity contribution in [2.24, 2.45) is 0 Å². The Labute approximate surface area is 113 Å². The first kappa shape index (κ1) is 15.8. The lowest BCUT2D eigenvalue weighted by Gasteiger charge is -2.09. The Hall–Kier alpha value is -1.22. The van der Waals surface area contributed by atoms with Gasteiger partial charge in [-0.3, -0.25) is 0 Å². The van der Waals surface area contributed by atoms with Crippen LogP contribution in [-0.4, -0.2) is 37.2 Å². The van der Waals surface area contributed by atoms with E-state index in [1.165, 1.54) is 0 Å². The van der Waals surface area contributed by atoms with Crippen molar-refractivity contribution in [3.63, 3.8) is 0 Å². The topological polar surface area (TPSA) is 104 Å². The van der Waals surface area contributed by atoms with Crippen LogP contribution >= 0.6 is 11.6 Å². The Morgan fingerprint density at radius 3 is 2.68 bits per heavy atom. The number of hydrogen-bond donors (Lipinski definition) is 3. The van der Waals surface area contributed by atoms with Crippen LogP contribution in [0.2, 0.25) is 5.02 Å². The van der Waals surface area contributed by atoms with E-state index in [4.69, 9.17) is 21.8 Å². The molecule has 0 heterocycles. The minimum atomic E-state index is -4.06. The van der Waals surface area contributed by atoms with E-state index in [1.54, 1.807) is 0 Å². The third-order valence-corrected chi connectivity index (χ3v) is 4.12. The van der Waals surface area contributed by atoms with Gasteiger partial charge in [0.05, 0.1) is 5.02 Å². The maximum atomic E-state index is 13.0. The normalized spacial score (nSPS) is 13.2. The van der Waals surface area contributed by atoms with Gasteiger partial charge < -0.3 is 10.2 Å². The molecule has 1 aromatic carbocycles. The predicted molar refractivity (Wildman–Crippen MR) is 64.9 cm³/mol. The van der Waals surface area contributed by atoms with Crippen molar-refractivity contribution in [2.45, 2.75) is 17.4 Å². The van der Waals surface area contributed by atoms with Crippen molar-refractivity contribution in [2.75, 3.05) is 6.54 Å². The van der Waals surface area contributed by atoms with E-state index in [9.17, 15) is 17.6 Å². The molecule has 0 aliphatic carbocycles. The summed E-state index contributed by atoms with van der Waals surface area (Å²) in [6, 6.07) is 2.85. The molecule has 0 radical (unpaired) electrons. The van der Waals surface area contributed by atoms with Crippen LogP contribution in [0.15, 0.2) is 23.1 Å². The standard InChI is InChI=1S/C10H11ClFNO5S/c11-7-2-1-6(12)5-9(7)19(17,18)13-4-3-8(14)10(15)16/h1-2,5,8,13-14H,3-4H2,(H,15,16)/t8-/m0/s1. The van der Waals surface area contributed by atoms with Gasteiger partial charge in [0, 0.05) is 6.54 Å². The fourth-order valence-electron chi connectivity index (χ4n) is 1.21. The van der Waals surface area contributed by atoms with E-state index in [1.807, 2.05) is 4.72 Å². The van der Waals surface area contributed by atoms with Gasteiger partial charge in [-0.25, -0.2) is 22.3 Å². The summed E-state index contributed by atoms with van der Waals surface area (Å²) >= 11 is 5.64. The summed E-state index contributed by atoms with van der Waals surface area (Å²) in [5.41, 5.74) is 0. The van der Waals surface area contributed by atoms with E-state index in [2.05, 4.69) is 0 Å². The highest BCUT2D eigenvalue weighted by Crippen LogP contribution is 2.21. The molecule has 0 saturated carbocycles. The molecule has 9 heteroatoms. The van der Waals surface area contributed by atoms with Gasteiger partial charge in [0.2, 0.25) is 10.0 Å². The first-order chi connectivity index (χ1) is 8.74. The molecule has 19 heavy (non-hydrogen) atoms. The number of sulfonamides is 1. The fraction of sp³-hybridized carbons (Fsp3) is 0.300. The average molecular weight is 312 g/mol. The lowest BCUT2D eigenvalue weighted by molar-refractivity contribution is -0.146. The molecule has 0 aliphatic heterocycles. The molecule has 1 aromatic rings. The van der Waals surface area contributed by atoms with Gasteiger partial charge in [-0.2, -0.15) is 0 Å². The van der Waals surface area contributed by atoms with E-state index >= 15 is 0 Å². The van der Waals surface area contributed by atoms with Crippen molar-refractivity contribution >= 4 is 27.6 Å². The number of hydrogen-bond acceptors (Lipinski definition) is 4. The first-order valence-electron chi connectivity index (χ1n) is 5.09. The molecule has 0 unspecified atom stereocenters. The monoisotopic (exact) mass is 311 g/mol. The molecule has 1 rings (SSSR count). The number of benzene rings is 1. The number of rotatable bonds is 6. The van der Waals surface area contributed by atoms with Gasteiger partial charge >= 0.3 is 5.97 Å². The Bertz CT molecular complexity index is 577. The molecule has 1 atom stereocenters. The van der Waals surface area contributed by atoms with Gasteiger partial charge in [-0.05, 0) is 24.6 Å². The van der Waals surface area contributed by atoms with E-state index in [-0.39, 0.29) is 18.0 Å². The SMILES string of the molecule is O=C(O)[C@@H](O)CCNS(=O)(=O)c1cc(F)ccc1Cl. The van der Waals surface area contributed by atoms with Crippen LogP contribution in [0.25, 0.3) is 0 Å². The smallest absolute Gasteiger partial charge is 0.332 e. The van der Waals surface area contributed by atoms with Crippen molar-refractivity contribution in [3.8, 4) is 0 Å². The van der Waals surface area contributed by atoms with Crippen LogP contribution in [0.5, 0.6) is 0 Å². The molecule has 0 bridgehead atoms. The third kappa shape index (κ3) is 4.43. The van der Waals surface area contributed by atoms with Crippen molar-refractivity contribution in [1.29, 1.82) is 0 Å². The van der Waals surface area contributed by atoms with Gasteiger partial charge in [0.1, 0.15) is 10.7 Å². The summed E-state index contributed by atoms with van der Waals surface area (Å²) in [5.74, 6) is -2.22. The van der Waals surface area contributed by atoms with Gasteiger partial charge in [0.25, 0.3) is 0 Å². The zero-order chi connectivity index (χ0) is 14.6. The van der Waals surface area contributed by atoms with Crippen molar-refractivity contribution in [3.05, 3.63) is 29.0 Å².